The van der Waals surface area contributed by atoms with Crippen molar-refractivity contribution in [2.24, 2.45) is 0 Å². The fourth-order valence-corrected chi connectivity index (χ4v) is 1.58. The van der Waals surface area contributed by atoms with Crippen molar-refractivity contribution < 1.29 is 19.4 Å². The molecule has 0 amide bonds. The molecule has 0 aliphatic heterocycles. The normalized spacial score (nSPS) is 12.5. The molecule has 1 rings (SSSR count). The number of carbonyl (C=O) groups excluding carboxylic acids is 1. The number of carbonyl (C=O) groups is 2. The zero-order valence-corrected chi connectivity index (χ0v) is 12.1. The second kappa shape index (κ2) is 8.53. The van der Waals surface area contributed by atoms with Crippen LogP contribution in [0.25, 0.3) is 5.57 Å². The highest BCUT2D eigenvalue weighted by Crippen LogP contribution is 2.12. The van der Waals surface area contributed by atoms with E-state index in [0.29, 0.717) is 0 Å². The quantitative estimate of drug-likeness (QED) is 0.287. The molecular formula is C17H18O4. The highest BCUT2D eigenvalue weighted by molar-refractivity contribution is 6.13. The predicted octanol–water partition coefficient (Wildman–Crippen LogP) is 3.22. The van der Waals surface area contributed by atoms with Gasteiger partial charge in [-0.15, -0.1) is 0 Å². The molecule has 0 spiro atoms. The average molecular weight is 286 g/mol. The molecule has 0 unspecified atom stereocenters. The zero-order chi connectivity index (χ0) is 15.7. The van der Waals surface area contributed by atoms with E-state index in [4.69, 9.17) is 5.11 Å². The standard InChI is InChI=1S/C17H18O4/c1-3-21-17(20)15(16(18)19)12-8-7-9-13(2)14-10-5-4-6-11-14/h4-12H,3H2,1-2H3,(H,18,19)/b8-7+,13-9-,15-12-. The van der Waals surface area contributed by atoms with E-state index in [0.717, 1.165) is 11.1 Å². The number of carboxylic acids is 1. The van der Waals surface area contributed by atoms with Crippen molar-refractivity contribution >= 4 is 17.5 Å². The van der Waals surface area contributed by atoms with Gasteiger partial charge in [-0.2, -0.15) is 0 Å². The first-order valence-corrected chi connectivity index (χ1v) is 6.57. The molecule has 4 nitrogen and oxygen atoms in total. The number of benzene rings is 1. The Hall–Kier alpha value is -2.62. The number of ether oxygens (including phenoxy) is 1. The summed E-state index contributed by atoms with van der Waals surface area (Å²) >= 11 is 0. The van der Waals surface area contributed by atoms with Crippen molar-refractivity contribution in [1.29, 1.82) is 0 Å². The lowest BCUT2D eigenvalue weighted by atomic mass is 10.1. The number of esters is 1. The monoisotopic (exact) mass is 286 g/mol. The van der Waals surface area contributed by atoms with E-state index in [1.54, 1.807) is 13.0 Å². The molecular weight excluding hydrogens is 268 g/mol. The number of allylic oxidation sites excluding steroid dienone is 5. The molecule has 110 valence electrons. The fraction of sp³-hybridized carbons (Fsp3) is 0.176. The summed E-state index contributed by atoms with van der Waals surface area (Å²) in [6.07, 6.45) is 6.27. The van der Waals surface area contributed by atoms with Gasteiger partial charge in [-0.25, -0.2) is 9.59 Å². The lowest BCUT2D eigenvalue weighted by Crippen LogP contribution is -2.15. The van der Waals surface area contributed by atoms with Crippen LogP contribution < -0.4 is 0 Å². The van der Waals surface area contributed by atoms with E-state index in [-0.39, 0.29) is 12.2 Å². The van der Waals surface area contributed by atoms with Gasteiger partial charge in [0.25, 0.3) is 0 Å². The van der Waals surface area contributed by atoms with Crippen molar-refractivity contribution in [2.45, 2.75) is 13.8 Å². The minimum atomic E-state index is -1.30. The lowest BCUT2D eigenvalue weighted by Gasteiger charge is -2.00. The van der Waals surface area contributed by atoms with Crippen LogP contribution in [-0.2, 0) is 14.3 Å². The summed E-state index contributed by atoms with van der Waals surface area (Å²) in [5.41, 5.74) is 1.72. The molecule has 0 fully saturated rings. The second-order valence-electron chi connectivity index (χ2n) is 4.21. The van der Waals surface area contributed by atoms with Crippen molar-refractivity contribution in [1.82, 2.24) is 0 Å². The fourth-order valence-electron chi connectivity index (χ4n) is 1.58. The topological polar surface area (TPSA) is 63.6 Å². The molecule has 0 saturated heterocycles. The van der Waals surface area contributed by atoms with E-state index in [2.05, 4.69) is 4.74 Å². The molecule has 21 heavy (non-hydrogen) atoms. The maximum absolute atomic E-state index is 11.4. The minimum absolute atomic E-state index is 0.139. The Balaban J connectivity index is 2.81. The van der Waals surface area contributed by atoms with Crippen molar-refractivity contribution in [2.75, 3.05) is 6.61 Å². The zero-order valence-electron chi connectivity index (χ0n) is 12.1. The average Bonchev–Trinajstić information content (AvgIpc) is 2.47. The van der Waals surface area contributed by atoms with E-state index in [1.165, 1.54) is 12.2 Å². The van der Waals surface area contributed by atoms with Crippen LogP contribution >= 0.6 is 0 Å². The first-order chi connectivity index (χ1) is 10.1. The molecule has 4 heteroatoms. The molecule has 0 atom stereocenters. The molecule has 0 bridgehead atoms. The summed E-state index contributed by atoms with van der Waals surface area (Å²) in [6, 6.07) is 9.79. The van der Waals surface area contributed by atoms with Gasteiger partial charge in [0, 0.05) is 0 Å². The van der Waals surface area contributed by atoms with Crippen molar-refractivity contribution in [3.05, 3.63) is 65.8 Å². The SMILES string of the molecule is CCOC(=O)\C(=C/C=C/C=C(/C)c1ccccc1)C(=O)O. The number of hydrogen-bond donors (Lipinski definition) is 1. The third-order valence-corrected chi connectivity index (χ3v) is 2.68. The Kier molecular flexibility index (Phi) is 6.68. The number of rotatable bonds is 6. The Morgan fingerprint density at radius 2 is 1.76 bits per heavy atom. The summed E-state index contributed by atoms with van der Waals surface area (Å²) in [6.45, 7) is 3.71. The van der Waals surface area contributed by atoms with Crippen LogP contribution in [0, 0.1) is 0 Å². The van der Waals surface area contributed by atoms with Crippen molar-refractivity contribution in [3.63, 3.8) is 0 Å². The molecule has 0 heterocycles. The highest BCUT2D eigenvalue weighted by atomic mass is 16.5. The van der Waals surface area contributed by atoms with Gasteiger partial charge < -0.3 is 9.84 Å². The summed E-state index contributed by atoms with van der Waals surface area (Å²) in [5.74, 6) is -2.14. The number of hydrogen-bond acceptors (Lipinski definition) is 3. The smallest absolute Gasteiger partial charge is 0.345 e. The Labute approximate surface area is 124 Å². The first-order valence-electron chi connectivity index (χ1n) is 6.57. The molecule has 1 aromatic rings. The van der Waals surface area contributed by atoms with Gasteiger partial charge in [0.2, 0.25) is 0 Å². The van der Waals surface area contributed by atoms with E-state index in [9.17, 15) is 9.59 Å². The van der Waals surface area contributed by atoms with Gasteiger partial charge in [0.05, 0.1) is 6.61 Å². The lowest BCUT2D eigenvalue weighted by molar-refractivity contribution is -0.143. The molecule has 0 aromatic heterocycles. The van der Waals surface area contributed by atoms with E-state index >= 15 is 0 Å². The second-order valence-corrected chi connectivity index (χ2v) is 4.21. The minimum Gasteiger partial charge on any atom is -0.477 e. The van der Waals surface area contributed by atoms with Gasteiger partial charge >= 0.3 is 11.9 Å². The van der Waals surface area contributed by atoms with Crippen LogP contribution in [-0.4, -0.2) is 23.7 Å². The molecule has 0 aliphatic rings. The highest BCUT2D eigenvalue weighted by Gasteiger charge is 2.16. The summed E-state index contributed by atoms with van der Waals surface area (Å²) in [7, 11) is 0. The molecule has 0 saturated carbocycles. The maximum Gasteiger partial charge on any atom is 0.345 e. The van der Waals surface area contributed by atoms with Crippen LogP contribution in [0.2, 0.25) is 0 Å². The number of aliphatic carboxylic acids is 1. The van der Waals surface area contributed by atoms with Gasteiger partial charge in [-0.3, -0.25) is 0 Å². The Bertz CT molecular complexity index is 580. The largest absolute Gasteiger partial charge is 0.477 e. The first kappa shape index (κ1) is 16.4. The predicted molar refractivity (Wildman–Crippen MR) is 81.6 cm³/mol. The molecule has 0 radical (unpaired) electrons. The van der Waals surface area contributed by atoms with Gasteiger partial charge in [-0.05, 0) is 31.1 Å². The van der Waals surface area contributed by atoms with Crippen LogP contribution in [0.3, 0.4) is 0 Å². The molecule has 0 aliphatic carbocycles. The van der Waals surface area contributed by atoms with Crippen molar-refractivity contribution in [3.8, 4) is 0 Å². The molecule has 1 N–H and O–H groups in total. The third-order valence-electron chi connectivity index (χ3n) is 2.68. The number of carboxylic acid groups (broad SMARTS) is 1. The van der Waals surface area contributed by atoms with E-state index < -0.39 is 11.9 Å². The van der Waals surface area contributed by atoms with E-state index in [1.807, 2.05) is 43.3 Å². The van der Waals surface area contributed by atoms with Crippen LogP contribution in [0.4, 0.5) is 0 Å². The van der Waals surface area contributed by atoms with Crippen LogP contribution in [0.1, 0.15) is 19.4 Å². The third kappa shape index (κ3) is 5.48. The Morgan fingerprint density at radius 1 is 1.14 bits per heavy atom. The summed E-state index contributed by atoms with van der Waals surface area (Å²) in [5, 5.41) is 8.94. The summed E-state index contributed by atoms with van der Waals surface area (Å²) < 4.78 is 4.68. The summed E-state index contributed by atoms with van der Waals surface area (Å²) in [4.78, 5) is 22.4. The maximum atomic E-state index is 11.4. The van der Waals surface area contributed by atoms with Crippen LogP contribution in [0.5, 0.6) is 0 Å². The van der Waals surface area contributed by atoms with Gasteiger partial charge in [-0.1, -0.05) is 48.6 Å². The molecule has 1 aromatic carbocycles. The van der Waals surface area contributed by atoms with Gasteiger partial charge in [0.1, 0.15) is 5.57 Å². The van der Waals surface area contributed by atoms with Gasteiger partial charge in [0.15, 0.2) is 0 Å². The van der Waals surface area contributed by atoms with Crippen LogP contribution in [0.15, 0.2) is 60.2 Å². The Morgan fingerprint density at radius 3 is 2.33 bits per heavy atom.